The standard InChI is InChI=1S/C15H22O/c1-4-5-6-11-15(2,3)14-9-7-13(12-16)8-10-14/h7-10,12H,4-6,11H2,1-3H3. The molecule has 0 fully saturated rings. The Kier molecular flexibility index (Phi) is 4.72. The predicted molar refractivity (Wildman–Crippen MR) is 69.0 cm³/mol. The lowest BCUT2D eigenvalue weighted by molar-refractivity contribution is 0.112. The normalized spacial score (nSPS) is 11.4. The average molecular weight is 218 g/mol. The van der Waals surface area contributed by atoms with Gasteiger partial charge in [0.25, 0.3) is 0 Å². The van der Waals surface area contributed by atoms with Crippen molar-refractivity contribution in [3.8, 4) is 0 Å². The van der Waals surface area contributed by atoms with Crippen molar-refractivity contribution < 1.29 is 4.79 Å². The van der Waals surface area contributed by atoms with Gasteiger partial charge in [-0.2, -0.15) is 0 Å². The third-order valence-electron chi connectivity index (χ3n) is 3.23. The SMILES string of the molecule is CCCCCC(C)(C)c1ccc(C=O)cc1. The van der Waals surface area contributed by atoms with Crippen LogP contribution in [0, 0.1) is 0 Å². The van der Waals surface area contributed by atoms with Gasteiger partial charge in [-0.3, -0.25) is 4.79 Å². The Balaban J connectivity index is 2.68. The number of carbonyl (C=O) groups is 1. The zero-order valence-corrected chi connectivity index (χ0v) is 10.6. The largest absolute Gasteiger partial charge is 0.298 e. The van der Waals surface area contributed by atoms with Crippen molar-refractivity contribution in [2.45, 2.75) is 51.9 Å². The molecule has 0 saturated heterocycles. The van der Waals surface area contributed by atoms with Crippen LogP contribution in [0.5, 0.6) is 0 Å². The molecule has 0 atom stereocenters. The molecule has 1 rings (SSSR count). The fourth-order valence-corrected chi connectivity index (χ4v) is 1.97. The summed E-state index contributed by atoms with van der Waals surface area (Å²) >= 11 is 0. The van der Waals surface area contributed by atoms with Crippen molar-refractivity contribution in [3.05, 3.63) is 35.4 Å². The van der Waals surface area contributed by atoms with Gasteiger partial charge in [-0.05, 0) is 17.4 Å². The molecule has 0 aliphatic heterocycles. The molecule has 0 heterocycles. The molecular weight excluding hydrogens is 196 g/mol. The molecule has 1 aromatic carbocycles. The summed E-state index contributed by atoms with van der Waals surface area (Å²) < 4.78 is 0. The molecule has 1 nitrogen and oxygen atoms in total. The molecule has 0 aromatic heterocycles. The Hall–Kier alpha value is -1.11. The number of hydrogen-bond acceptors (Lipinski definition) is 1. The fourth-order valence-electron chi connectivity index (χ4n) is 1.97. The molecule has 0 saturated carbocycles. The summed E-state index contributed by atoms with van der Waals surface area (Å²) in [7, 11) is 0. The monoisotopic (exact) mass is 218 g/mol. The van der Waals surface area contributed by atoms with Gasteiger partial charge >= 0.3 is 0 Å². The van der Waals surface area contributed by atoms with Crippen LogP contribution >= 0.6 is 0 Å². The van der Waals surface area contributed by atoms with Crippen LogP contribution in [0.4, 0.5) is 0 Å². The topological polar surface area (TPSA) is 17.1 Å². The Bertz CT molecular complexity index is 322. The van der Waals surface area contributed by atoms with Gasteiger partial charge in [0.2, 0.25) is 0 Å². The lowest BCUT2D eigenvalue weighted by Crippen LogP contribution is -2.16. The zero-order valence-electron chi connectivity index (χ0n) is 10.6. The van der Waals surface area contributed by atoms with Crippen molar-refractivity contribution in [1.82, 2.24) is 0 Å². The minimum atomic E-state index is 0.219. The highest BCUT2D eigenvalue weighted by molar-refractivity contribution is 5.74. The molecule has 0 aliphatic carbocycles. The van der Waals surface area contributed by atoms with Gasteiger partial charge in [0.05, 0.1) is 0 Å². The highest BCUT2D eigenvalue weighted by Gasteiger charge is 2.19. The van der Waals surface area contributed by atoms with Crippen LogP contribution in [-0.2, 0) is 5.41 Å². The van der Waals surface area contributed by atoms with Gasteiger partial charge in [-0.25, -0.2) is 0 Å². The molecule has 0 bridgehead atoms. The first-order chi connectivity index (χ1) is 7.60. The maximum atomic E-state index is 10.6. The fraction of sp³-hybridized carbons (Fsp3) is 0.533. The van der Waals surface area contributed by atoms with E-state index in [4.69, 9.17) is 0 Å². The molecule has 0 spiro atoms. The van der Waals surface area contributed by atoms with Gasteiger partial charge in [0, 0.05) is 5.56 Å². The third-order valence-corrected chi connectivity index (χ3v) is 3.23. The van der Waals surface area contributed by atoms with Crippen LogP contribution in [0.1, 0.15) is 62.4 Å². The van der Waals surface area contributed by atoms with Crippen molar-refractivity contribution in [3.63, 3.8) is 0 Å². The number of rotatable bonds is 6. The maximum absolute atomic E-state index is 10.6. The molecule has 0 aliphatic rings. The Morgan fingerprint density at radius 2 is 1.75 bits per heavy atom. The summed E-state index contributed by atoms with van der Waals surface area (Å²) in [6.07, 6.45) is 5.95. The van der Waals surface area contributed by atoms with Crippen LogP contribution < -0.4 is 0 Å². The van der Waals surface area contributed by atoms with Crippen LogP contribution in [-0.4, -0.2) is 6.29 Å². The van der Waals surface area contributed by atoms with Gasteiger partial charge in [-0.1, -0.05) is 64.3 Å². The van der Waals surface area contributed by atoms with E-state index in [-0.39, 0.29) is 5.41 Å². The van der Waals surface area contributed by atoms with Crippen molar-refractivity contribution in [2.75, 3.05) is 0 Å². The van der Waals surface area contributed by atoms with Gasteiger partial charge in [-0.15, -0.1) is 0 Å². The summed E-state index contributed by atoms with van der Waals surface area (Å²) in [4.78, 5) is 10.6. The van der Waals surface area contributed by atoms with E-state index in [0.717, 1.165) is 11.8 Å². The number of carbonyl (C=O) groups excluding carboxylic acids is 1. The summed E-state index contributed by atoms with van der Waals surface area (Å²) in [6, 6.07) is 7.97. The summed E-state index contributed by atoms with van der Waals surface area (Å²) in [5.74, 6) is 0. The van der Waals surface area contributed by atoms with Crippen LogP contribution in [0.25, 0.3) is 0 Å². The smallest absolute Gasteiger partial charge is 0.150 e. The zero-order chi connectivity index (χ0) is 12.0. The first-order valence-corrected chi connectivity index (χ1v) is 6.16. The maximum Gasteiger partial charge on any atom is 0.150 e. The minimum absolute atomic E-state index is 0.219. The third kappa shape index (κ3) is 3.48. The molecule has 16 heavy (non-hydrogen) atoms. The van der Waals surface area contributed by atoms with Gasteiger partial charge < -0.3 is 0 Å². The van der Waals surface area contributed by atoms with Gasteiger partial charge in [0.1, 0.15) is 6.29 Å². The summed E-state index contributed by atoms with van der Waals surface area (Å²) in [5, 5.41) is 0. The molecular formula is C15H22O. The van der Waals surface area contributed by atoms with E-state index < -0.39 is 0 Å². The summed E-state index contributed by atoms with van der Waals surface area (Å²) in [6.45, 7) is 6.78. The second kappa shape index (κ2) is 5.83. The second-order valence-corrected chi connectivity index (χ2v) is 5.08. The van der Waals surface area contributed by atoms with Crippen LogP contribution in [0.3, 0.4) is 0 Å². The highest BCUT2D eigenvalue weighted by atomic mass is 16.1. The number of unbranched alkanes of at least 4 members (excludes halogenated alkanes) is 2. The van der Waals surface area contributed by atoms with Crippen LogP contribution in [0.15, 0.2) is 24.3 Å². The highest BCUT2D eigenvalue weighted by Crippen LogP contribution is 2.29. The van der Waals surface area contributed by atoms with E-state index >= 15 is 0 Å². The molecule has 0 amide bonds. The molecule has 1 aromatic rings. The average Bonchev–Trinajstić information content (AvgIpc) is 2.29. The summed E-state index contributed by atoms with van der Waals surface area (Å²) in [5.41, 5.74) is 2.30. The first kappa shape index (κ1) is 13.0. The molecule has 88 valence electrons. The van der Waals surface area contributed by atoms with Crippen LogP contribution in [0.2, 0.25) is 0 Å². The first-order valence-electron chi connectivity index (χ1n) is 6.16. The molecule has 0 unspecified atom stereocenters. The molecule has 0 N–H and O–H groups in total. The minimum Gasteiger partial charge on any atom is -0.298 e. The molecule has 1 heteroatoms. The number of hydrogen-bond donors (Lipinski definition) is 0. The van der Waals surface area contributed by atoms with E-state index in [1.54, 1.807) is 0 Å². The second-order valence-electron chi connectivity index (χ2n) is 5.08. The quantitative estimate of drug-likeness (QED) is 0.512. The van der Waals surface area contributed by atoms with E-state index in [2.05, 4.69) is 32.9 Å². The Morgan fingerprint density at radius 1 is 1.12 bits per heavy atom. The van der Waals surface area contributed by atoms with Gasteiger partial charge in [0.15, 0.2) is 0 Å². The molecule has 0 radical (unpaired) electrons. The lowest BCUT2D eigenvalue weighted by atomic mass is 9.80. The lowest BCUT2D eigenvalue weighted by Gasteiger charge is -2.25. The van der Waals surface area contributed by atoms with E-state index in [0.29, 0.717) is 0 Å². The Labute approximate surface area is 98.9 Å². The van der Waals surface area contributed by atoms with Crippen molar-refractivity contribution in [2.24, 2.45) is 0 Å². The van der Waals surface area contributed by atoms with E-state index in [1.807, 2.05) is 12.1 Å². The predicted octanol–water partition coefficient (Wildman–Crippen LogP) is 4.36. The number of aldehydes is 1. The van der Waals surface area contributed by atoms with E-state index in [9.17, 15) is 4.79 Å². The van der Waals surface area contributed by atoms with Crippen molar-refractivity contribution in [1.29, 1.82) is 0 Å². The van der Waals surface area contributed by atoms with E-state index in [1.165, 1.54) is 31.2 Å². The number of benzene rings is 1. The van der Waals surface area contributed by atoms with Crippen molar-refractivity contribution >= 4 is 6.29 Å². The Morgan fingerprint density at radius 3 is 2.25 bits per heavy atom.